The first kappa shape index (κ1) is 20.3. The van der Waals surface area contributed by atoms with E-state index >= 15 is 0 Å². The molecular formula is C22H19ClN6O3. The monoisotopic (exact) mass is 450 g/mol. The Morgan fingerprint density at radius 3 is 2.62 bits per heavy atom. The molecule has 3 aromatic rings. The molecule has 2 amide bonds. The molecule has 0 bridgehead atoms. The number of aromatic nitrogens is 3. The lowest BCUT2D eigenvalue weighted by molar-refractivity contribution is 0.0764. The lowest BCUT2D eigenvalue weighted by atomic mass is 10.0. The van der Waals surface area contributed by atoms with Crippen LogP contribution in [0, 0.1) is 23.2 Å². The van der Waals surface area contributed by atoms with Gasteiger partial charge in [0.05, 0.1) is 17.1 Å². The predicted molar refractivity (Wildman–Crippen MR) is 115 cm³/mol. The highest BCUT2D eigenvalue weighted by Gasteiger charge is 2.43. The van der Waals surface area contributed by atoms with Crippen LogP contribution >= 0.6 is 11.6 Å². The molecule has 0 unspecified atom stereocenters. The summed E-state index contributed by atoms with van der Waals surface area (Å²) in [6.07, 6.45) is -0.396. The molecule has 2 aromatic carbocycles. The van der Waals surface area contributed by atoms with Crippen molar-refractivity contribution in [3.05, 3.63) is 58.1 Å². The number of nitrogens with one attached hydrogen (secondary N) is 1. The third-order valence-electron chi connectivity index (χ3n) is 6.05. The van der Waals surface area contributed by atoms with Crippen molar-refractivity contribution in [2.75, 3.05) is 26.2 Å². The maximum atomic E-state index is 12.9. The fourth-order valence-corrected chi connectivity index (χ4v) is 4.76. The molecule has 9 nitrogen and oxygen atoms in total. The maximum Gasteiger partial charge on any atom is 0.410 e. The zero-order valence-corrected chi connectivity index (χ0v) is 17.7. The molecule has 1 aromatic heterocycles. The minimum absolute atomic E-state index is 0.0346. The SMILES string of the molecule is N#Cc1cc(Cl)cc(COC(=O)N2C[C@@H]3CN(C(=O)c4ccc5[nH]nnc5c4)C[C@@H]3C2)c1. The highest BCUT2D eigenvalue weighted by atomic mass is 35.5. The summed E-state index contributed by atoms with van der Waals surface area (Å²) in [6, 6.07) is 12.2. The summed E-state index contributed by atoms with van der Waals surface area (Å²) in [5, 5.41) is 20.0. The van der Waals surface area contributed by atoms with Crippen LogP contribution in [0.5, 0.6) is 0 Å². The van der Waals surface area contributed by atoms with Crippen LogP contribution in [0.2, 0.25) is 5.02 Å². The van der Waals surface area contributed by atoms with Crippen molar-refractivity contribution >= 4 is 34.6 Å². The van der Waals surface area contributed by atoms with Crippen molar-refractivity contribution in [3.63, 3.8) is 0 Å². The second kappa shape index (κ2) is 8.13. The molecule has 0 aliphatic carbocycles. The summed E-state index contributed by atoms with van der Waals surface area (Å²) in [5.74, 6) is 0.407. The Morgan fingerprint density at radius 1 is 1.12 bits per heavy atom. The van der Waals surface area contributed by atoms with Gasteiger partial charge in [-0.25, -0.2) is 4.79 Å². The molecule has 2 atom stereocenters. The van der Waals surface area contributed by atoms with Gasteiger partial charge in [0.1, 0.15) is 12.1 Å². The van der Waals surface area contributed by atoms with Crippen LogP contribution in [0.1, 0.15) is 21.5 Å². The highest BCUT2D eigenvalue weighted by Crippen LogP contribution is 2.32. The van der Waals surface area contributed by atoms with Gasteiger partial charge in [0.25, 0.3) is 5.91 Å². The van der Waals surface area contributed by atoms with Crippen molar-refractivity contribution in [1.29, 1.82) is 5.26 Å². The van der Waals surface area contributed by atoms with Gasteiger partial charge in [0, 0.05) is 48.6 Å². The van der Waals surface area contributed by atoms with Gasteiger partial charge in [-0.1, -0.05) is 16.8 Å². The van der Waals surface area contributed by atoms with E-state index in [1.54, 1.807) is 41.3 Å². The van der Waals surface area contributed by atoms with Crippen LogP contribution in [0.3, 0.4) is 0 Å². The van der Waals surface area contributed by atoms with E-state index in [0.717, 1.165) is 5.52 Å². The second-order valence-electron chi connectivity index (χ2n) is 8.19. The standard InChI is InChI=1S/C22H19ClN6O3/c23-18-4-13(7-24)3-14(5-18)12-32-22(31)29-10-16-8-28(9-17(16)11-29)21(30)15-1-2-19-20(6-15)26-27-25-19/h1-6,16-17H,8-12H2,(H,25,26,27)/t16-,17+. The lowest BCUT2D eigenvalue weighted by Crippen LogP contribution is -2.35. The first-order valence-electron chi connectivity index (χ1n) is 10.2. The van der Waals surface area contributed by atoms with E-state index in [1.807, 2.05) is 11.0 Å². The number of likely N-dealkylation sites (tertiary alicyclic amines) is 2. The predicted octanol–water partition coefficient (Wildman–Crippen LogP) is 2.82. The molecule has 0 saturated carbocycles. The van der Waals surface area contributed by atoms with Crippen molar-refractivity contribution in [2.45, 2.75) is 6.61 Å². The normalized spacial score (nSPS) is 19.8. The van der Waals surface area contributed by atoms with Gasteiger partial charge in [-0.3, -0.25) is 9.89 Å². The highest BCUT2D eigenvalue weighted by molar-refractivity contribution is 6.30. The van der Waals surface area contributed by atoms with E-state index in [-0.39, 0.29) is 24.3 Å². The number of rotatable bonds is 3. The summed E-state index contributed by atoms with van der Waals surface area (Å²) in [6.45, 7) is 2.35. The number of hydrogen-bond donors (Lipinski definition) is 1. The number of carbonyl (C=O) groups is 2. The minimum Gasteiger partial charge on any atom is -0.445 e. The van der Waals surface area contributed by atoms with Crippen molar-refractivity contribution < 1.29 is 14.3 Å². The third-order valence-corrected chi connectivity index (χ3v) is 6.27. The Labute approximate surface area is 188 Å². The largest absolute Gasteiger partial charge is 0.445 e. The van der Waals surface area contributed by atoms with Crippen molar-refractivity contribution in [3.8, 4) is 6.07 Å². The van der Waals surface area contributed by atoms with Crippen LogP contribution in [-0.2, 0) is 11.3 Å². The second-order valence-corrected chi connectivity index (χ2v) is 8.63. The van der Waals surface area contributed by atoms with Gasteiger partial charge in [0.15, 0.2) is 0 Å². The average Bonchev–Trinajstić information content (AvgIpc) is 3.50. The fraction of sp³-hybridized carbons (Fsp3) is 0.318. The summed E-state index contributed by atoms with van der Waals surface area (Å²) >= 11 is 6.00. The molecule has 162 valence electrons. The molecule has 2 aliphatic rings. The Balaban J connectivity index is 1.16. The molecule has 10 heteroatoms. The number of ether oxygens (including phenoxy) is 1. The smallest absolute Gasteiger partial charge is 0.410 e. The summed E-state index contributed by atoms with van der Waals surface area (Å²) in [7, 11) is 0. The number of amides is 2. The number of H-pyrrole nitrogens is 1. The molecule has 2 fully saturated rings. The van der Waals surface area contributed by atoms with Crippen molar-refractivity contribution in [2.24, 2.45) is 11.8 Å². The Bertz CT molecular complexity index is 1240. The molecule has 2 saturated heterocycles. The van der Waals surface area contributed by atoms with Gasteiger partial charge < -0.3 is 14.5 Å². The third kappa shape index (κ3) is 3.85. The molecule has 2 aliphatic heterocycles. The van der Waals surface area contributed by atoms with Gasteiger partial charge in [-0.2, -0.15) is 5.26 Å². The van der Waals surface area contributed by atoms with Gasteiger partial charge in [0.2, 0.25) is 0 Å². The molecular weight excluding hydrogens is 432 g/mol. The number of fused-ring (bicyclic) bond motifs is 2. The van der Waals surface area contributed by atoms with Gasteiger partial charge in [-0.15, -0.1) is 5.10 Å². The van der Waals surface area contributed by atoms with Crippen LogP contribution in [0.15, 0.2) is 36.4 Å². The number of carbonyl (C=O) groups excluding carboxylic acids is 2. The topological polar surface area (TPSA) is 115 Å². The van der Waals surface area contributed by atoms with E-state index in [9.17, 15) is 9.59 Å². The van der Waals surface area contributed by atoms with E-state index in [0.29, 0.717) is 53.4 Å². The number of nitriles is 1. The Morgan fingerprint density at radius 2 is 1.88 bits per heavy atom. The molecule has 5 rings (SSSR count). The van der Waals surface area contributed by atoms with Crippen molar-refractivity contribution in [1.82, 2.24) is 25.2 Å². The number of hydrogen-bond acceptors (Lipinski definition) is 6. The number of halogens is 1. The molecule has 0 radical (unpaired) electrons. The zero-order valence-electron chi connectivity index (χ0n) is 17.0. The first-order chi connectivity index (χ1) is 15.5. The number of nitrogens with zero attached hydrogens (tertiary/aromatic N) is 5. The first-order valence-corrected chi connectivity index (χ1v) is 10.6. The maximum absolute atomic E-state index is 12.9. The van der Waals surface area contributed by atoms with E-state index < -0.39 is 6.09 Å². The molecule has 0 spiro atoms. The number of benzene rings is 2. The summed E-state index contributed by atoms with van der Waals surface area (Å²) in [4.78, 5) is 29.0. The summed E-state index contributed by atoms with van der Waals surface area (Å²) < 4.78 is 5.43. The van der Waals surface area contributed by atoms with E-state index in [2.05, 4.69) is 15.4 Å². The van der Waals surface area contributed by atoms with Gasteiger partial charge in [-0.05, 0) is 42.0 Å². The Hall–Kier alpha value is -3.64. The van der Waals surface area contributed by atoms with E-state index in [4.69, 9.17) is 21.6 Å². The number of aromatic amines is 1. The Kier molecular flexibility index (Phi) is 5.15. The average molecular weight is 451 g/mol. The summed E-state index contributed by atoms with van der Waals surface area (Å²) in [5.41, 5.74) is 3.12. The lowest BCUT2D eigenvalue weighted by Gasteiger charge is -2.21. The van der Waals surface area contributed by atoms with Crippen LogP contribution in [0.4, 0.5) is 4.79 Å². The van der Waals surface area contributed by atoms with E-state index in [1.165, 1.54) is 0 Å². The molecule has 32 heavy (non-hydrogen) atoms. The quantitative estimate of drug-likeness (QED) is 0.656. The minimum atomic E-state index is -0.396. The van der Waals surface area contributed by atoms with Crippen LogP contribution < -0.4 is 0 Å². The van der Waals surface area contributed by atoms with Gasteiger partial charge >= 0.3 is 6.09 Å². The van der Waals surface area contributed by atoms with Crippen LogP contribution in [0.25, 0.3) is 11.0 Å². The molecule has 1 N–H and O–H groups in total. The van der Waals surface area contributed by atoms with Crippen LogP contribution in [-0.4, -0.2) is 63.4 Å². The molecule has 3 heterocycles. The zero-order chi connectivity index (χ0) is 22.2. The fourth-order valence-electron chi connectivity index (χ4n) is 4.50.